The van der Waals surface area contributed by atoms with Crippen molar-refractivity contribution >= 4 is 6.03 Å². The molecule has 0 radical (unpaired) electrons. The molecule has 0 unspecified atom stereocenters. The van der Waals surface area contributed by atoms with Crippen molar-refractivity contribution in [3.63, 3.8) is 0 Å². The maximum Gasteiger partial charge on any atom is 0.315 e. The van der Waals surface area contributed by atoms with Gasteiger partial charge in [-0.2, -0.15) is 0 Å². The van der Waals surface area contributed by atoms with Crippen LogP contribution in [0.2, 0.25) is 0 Å². The van der Waals surface area contributed by atoms with Crippen molar-refractivity contribution in [1.29, 1.82) is 0 Å². The van der Waals surface area contributed by atoms with Gasteiger partial charge in [-0.15, -0.1) is 0 Å². The summed E-state index contributed by atoms with van der Waals surface area (Å²) in [7, 11) is 0. The molecular weight excluding hydrogens is 252 g/mol. The summed E-state index contributed by atoms with van der Waals surface area (Å²) >= 11 is 0. The van der Waals surface area contributed by atoms with Crippen LogP contribution < -0.4 is 10.6 Å². The number of aliphatic hydroxyl groups is 1. The maximum absolute atomic E-state index is 11.9. The Morgan fingerprint density at radius 1 is 0.950 bits per heavy atom. The van der Waals surface area contributed by atoms with Crippen LogP contribution in [0.3, 0.4) is 0 Å². The molecule has 0 spiro atoms. The fraction of sp³-hybridized carbons (Fsp3) is 0.938. The van der Waals surface area contributed by atoms with Crippen molar-refractivity contribution in [2.75, 3.05) is 13.2 Å². The molecule has 0 atom stereocenters. The lowest BCUT2D eigenvalue weighted by Crippen LogP contribution is -2.50. The number of aliphatic hydroxyl groups excluding tert-OH is 1. The second-order valence-corrected chi connectivity index (χ2v) is 8.39. The molecule has 4 nitrogen and oxygen atoms in total. The summed E-state index contributed by atoms with van der Waals surface area (Å²) < 4.78 is 0. The highest BCUT2D eigenvalue weighted by Gasteiger charge is 2.24. The Morgan fingerprint density at radius 3 is 1.95 bits per heavy atom. The standard InChI is InChI=1S/C16H34N2O2/c1-14(2,3)8-9-15(4,5)12-17-13(20)18-16(6,7)10-11-19/h19H,8-12H2,1-7H3,(H2,17,18,20). The Bertz CT molecular complexity index is 304. The van der Waals surface area contributed by atoms with Gasteiger partial charge in [0.15, 0.2) is 0 Å². The van der Waals surface area contributed by atoms with Crippen LogP contribution in [0.15, 0.2) is 0 Å². The summed E-state index contributed by atoms with van der Waals surface area (Å²) in [4.78, 5) is 11.9. The highest BCUT2D eigenvalue weighted by atomic mass is 16.3. The van der Waals surface area contributed by atoms with Crippen molar-refractivity contribution in [3.05, 3.63) is 0 Å². The third-order valence-corrected chi connectivity index (χ3v) is 3.47. The number of hydrogen-bond acceptors (Lipinski definition) is 2. The number of urea groups is 1. The minimum absolute atomic E-state index is 0.0738. The molecule has 20 heavy (non-hydrogen) atoms. The monoisotopic (exact) mass is 286 g/mol. The lowest BCUT2D eigenvalue weighted by Gasteiger charge is -2.30. The Balaban J connectivity index is 4.16. The minimum Gasteiger partial charge on any atom is -0.396 e. The van der Waals surface area contributed by atoms with E-state index in [1.807, 2.05) is 13.8 Å². The summed E-state index contributed by atoms with van der Waals surface area (Å²) in [5.41, 5.74) is 0.0305. The van der Waals surface area contributed by atoms with E-state index in [-0.39, 0.29) is 23.6 Å². The Hall–Kier alpha value is -0.770. The van der Waals surface area contributed by atoms with Crippen molar-refractivity contribution in [2.45, 2.75) is 73.3 Å². The first-order valence-corrected chi connectivity index (χ1v) is 7.54. The molecule has 0 aromatic heterocycles. The normalized spacial score (nSPS) is 13.2. The molecule has 0 aliphatic carbocycles. The number of hydrogen-bond donors (Lipinski definition) is 3. The second kappa shape index (κ2) is 7.30. The van der Waals surface area contributed by atoms with Crippen LogP contribution in [0.1, 0.15) is 67.7 Å². The predicted octanol–water partition coefficient (Wildman–Crippen LogP) is 3.30. The third-order valence-electron chi connectivity index (χ3n) is 3.47. The van der Waals surface area contributed by atoms with Gasteiger partial charge in [-0.05, 0) is 43.9 Å². The molecule has 0 bridgehead atoms. The molecule has 0 rings (SSSR count). The molecular formula is C16H34N2O2. The van der Waals surface area contributed by atoms with Crippen molar-refractivity contribution < 1.29 is 9.90 Å². The summed E-state index contributed by atoms with van der Waals surface area (Å²) in [6, 6.07) is -0.160. The van der Waals surface area contributed by atoms with E-state index in [0.29, 0.717) is 18.4 Å². The largest absolute Gasteiger partial charge is 0.396 e. The molecule has 0 aromatic rings. The first-order valence-electron chi connectivity index (χ1n) is 7.54. The van der Waals surface area contributed by atoms with E-state index >= 15 is 0 Å². The predicted molar refractivity (Wildman–Crippen MR) is 84.8 cm³/mol. The van der Waals surface area contributed by atoms with Crippen LogP contribution in [0.4, 0.5) is 4.79 Å². The lowest BCUT2D eigenvalue weighted by molar-refractivity contribution is 0.201. The zero-order chi connectivity index (χ0) is 16.0. The zero-order valence-electron chi connectivity index (χ0n) is 14.4. The average Bonchev–Trinajstić information content (AvgIpc) is 2.22. The van der Waals surface area contributed by atoms with Gasteiger partial charge in [0.05, 0.1) is 0 Å². The van der Waals surface area contributed by atoms with Gasteiger partial charge in [-0.1, -0.05) is 34.6 Å². The maximum atomic E-state index is 11.9. The molecule has 4 heteroatoms. The zero-order valence-corrected chi connectivity index (χ0v) is 14.4. The lowest BCUT2D eigenvalue weighted by atomic mass is 9.80. The second-order valence-electron chi connectivity index (χ2n) is 8.39. The molecule has 2 amide bonds. The first-order chi connectivity index (χ1) is 8.87. The summed E-state index contributed by atoms with van der Waals surface area (Å²) in [6.07, 6.45) is 2.77. The topological polar surface area (TPSA) is 61.4 Å². The van der Waals surface area contributed by atoms with Gasteiger partial charge in [0.1, 0.15) is 0 Å². The van der Waals surface area contributed by atoms with Gasteiger partial charge in [0.25, 0.3) is 0 Å². The molecule has 0 heterocycles. The van der Waals surface area contributed by atoms with Gasteiger partial charge in [0, 0.05) is 18.7 Å². The van der Waals surface area contributed by atoms with Crippen LogP contribution in [0, 0.1) is 10.8 Å². The van der Waals surface area contributed by atoms with Crippen LogP contribution in [0.5, 0.6) is 0 Å². The smallest absolute Gasteiger partial charge is 0.315 e. The Labute approximate surface area is 124 Å². The molecule has 0 aromatic carbocycles. The Morgan fingerprint density at radius 2 is 1.50 bits per heavy atom. The van der Waals surface area contributed by atoms with E-state index in [1.54, 1.807) is 0 Å². The van der Waals surface area contributed by atoms with E-state index < -0.39 is 0 Å². The summed E-state index contributed by atoms with van der Waals surface area (Å²) in [5, 5.41) is 14.8. The van der Waals surface area contributed by atoms with Gasteiger partial charge in [-0.25, -0.2) is 4.79 Å². The fourth-order valence-corrected chi connectivity index (χ4v) is 1.81. The van der Waals surface area contributed by atoms with Crippen LogP contribution in [-0.2, 0) is 0 Å². The highest BCUT2D eigenvalue weighted by molar-refractivity contribution is 5.74. The molecule has 0 fully saturated rings. The van der Waals surface area contributed by atoms with E-state index in [2.05, 4.69) is 45.3 Å². The van der Waals surface area contributed by atoms with Crippen LogP contribution in [-0.4, -0.2) is 29.8 Å². The number of amides is 2. The number of rotatable bonds is 7. The van der Waals surface area contributed by atoms with Crippen LogP contribution in [0.25, 0.3) is 0 Å². The minimum atomic E-state index is -0.381. The van der Waals surface area contributed by atoms with Gasteiger partial charge < -0.3 is 15.7 Å². The molecule has 0 aliphatic heterocycles. The first kappa shape index (κ1) is 19.2. The molecule has 0 saturated carbocycles. The van der Waals surface area contributed by atoms with Gasteiger partial charge in [0.2, 0.25) is 0 Å². The van der Waals surface area contributed by atoms with E-state index in [9.17, 15) is 4.79 Å². The molecule has 0 aliphatic rings. The summed E-state index contributed by atoms with van der Waals surface area (Å²) in [6.45, 7) is 15.6. The SMILES string of the molecule is CC(C)(C)CCC(C)(C)CNC(=O)NC(C)(C)CCO. The van der Waals surface area contributed by atoms with E-state index in [4.69, 9.17) is 5.11 Å². The fourth-order valence-electron chi connectivity index (χ4n) is 1.81. The quantitative estimate of drug-likeness (QED) is 0.672. The Kier molecular flexibility index (Phi) is 7.02. The molecule has 120 valence electrons. The van der Waals surface area contributed by atoms with Gasteiger partial charge >= 0.3 is 6.03 Å². The number of carbonyl (C=O) groups excluding carboxylic acids is 1. The average molecular weight is 286 g/mol. The summed E-state index contributed by atoms with van der Waals surface area (Å²) in [5.74, 6) is 0. The molecule has 0 saturated heterocycles. The highest BCUT2D eigenvalue weighted by Crippen LogP contribution is 2.29. The number of carbonyl (C=O) groups is 1. The van der Waals surface area contributed by atoms with Crippen molar-refractivity contribution in [3.8, 4) is 0 Å². The number of nitrogens with one attached hydrogen (secondary N) is 2. The van der Waals surface area contributed by atoms with Gasteiger partial charge in [-0.3, -0.25) is 0 Å². The van der Waals surface area contributed by atoms with Crippen LogP contribution >= 0.6 is 0 Å². The van der Waals surface area contributed by atoms with E-state index in [0.717, 1.165) is 12.8 Å². The third kappa shape index (κ3) is 10.1. The van der Waals surface area contributed by atoms with E-state index in [1.165, 1.54) is 0 Å². The van der Waals surface area contributed by atoms with Crippen molar-refractivity contribution in [1.82, 2.24) is 10.6 Å². The van der Waals surface area contributed by atoms with Crippen molar-refractivity contribution in [2.24, 2.45) is 10.8 Å². The molecule has 3 N–H and O–H groups in total.